The third-order valence-corrected chi connectivity index (χ3v) is 6.56. The Morgan fingerprint density at radius 3 is 1.79 bits per heavy atom. The van der Waals surface area contributed by atoms with Crippen LogP contribution in [0.1, 0.15) is 31.8 Å². The summed E-state index contributed by atoms with van der Waals surface area (Å²) in [4.78, 5) is 31.3. The number of aromatic nitrogens is 3. The Morgan fingerprint density at radius 2 is 1.24 bits per heavy atom. The number of hydrogen-bond acceptors (Lipinski definition) is 6. The number of fused-ring (bicyclic) bond motifs is 1. The number of thioether (sulfide) groups is 1. The summed E-state index contributed by atoms with van der Waals surface area (Å²) in [6, 6.07) is 23.2. The zero-order chi connectivity index (χ0) is 23.7. The molecule has 5 rings (SSSR count). The van der Waals surface area contributed by atoms with Crippen LogP contribution in [0, 0.1) is 13.8 Å². The molecule has 0 saturated heterocycles. The van der Waals surface area contributed by atoms with Crippen molar-refractivity contribution in [3.63, 3.8) is 0 Å². The van der Waals surface area contributed by atoms with Gasteiger partial charge < -0.3 is 0 Å². The number of hydrogen-bond donors (Lipinski definition) is 0. The summed E-state index contributed by atoms with van der Waals surface area (Å²) in [5.74, 6) is -0.0321. The largest absolute Gasteiger partial charge is 0.273 e. The van der Waals surface area contributed by atoms with Crippen LogP contribution in [0.4, 0.5) is 0 Å². The van der Waals surface area contributed by atoms with E-state index in [1.807, 2.05) is 62.4 Å². The SMILES string of the molecule is Cc1ccc(-c2nnc(SCCN3C(=O)c4ccccc4C3=O)nc2-c2ccc(C)cc2)cc1. The predicted molar refractivity (Wildman–Crippen MR) is 133 cm³/mol. The van der Waals surface area contributed by atoms with Crippen LogP contribution in [0.5, 0.6) is 0 Å². The smallest absolute Gasteiger partial charge is 0.261 e. The first-order chi connectivity index (χ1) is 16.5. The van der Waals surface area contributed by atoms with E-state index in [9.17, 15) is 9.59 Å². The van der Waals surface area contributed by atoms with Gasteiger partial charge in [-0.15, -0.1) is 10.2 Å². The van der Waals surface area contributed by atoms with Crippen LogP contribution in [0.15, 0.2) is 78.0 Å². The molecule has 0 unspecified atom stereocenters. The van der Waals surface area contributed by atoms with Gasteiger partial charge in [-0.2, -0.15) is 0 Å². The lowest BCUT2D eigenvalue weighted by molar-refractivity contribution is 0.0664. The molecule has 2 amide bonds. The Bertz CT molecular complexity index is 1350. The number of carbonyl (C=O) groups is 2. The summed E-state index contributed by atoms with van der Waals surface area (Å²) in [5, 5.41) is 9.35. The van der Waals surface area contributed by atoms with E-state index in [4.69, 9.17) is 4.98 Å². The monoisotopic (exact) mass is 466 g/mol. The van der Waals surface area contributed by atoms with E-state index >= 15 is 0 Å². The molecule has 7 heteroatoms. The van der Waals surface area contributed by atoms with E-state index in [0.717, 1.165) is 22.4 Å². The minimum absolute atomic E-state index is 0.254. The molecule has 0 N–H and O–H groups in total. The molecule has 0 spiro atoms. The zero-order valence-corrected chi connectivity index (χ0v) is 19.7. The van der Waals surface area contributed by atoms with Crippen molar-refractivity contribution in [2.75, 3.05) is 12.3 Å². The number of benzene rings is 3. The van der Waals surface area contributed by atoms with Crippen LogP contribution in [0.2, 0.25) is 0 Å². The molecule has 0 bridgehead atoms. The first kappa shape index (κ1) is 22.0. The Labute approximate surface area is 202 Å². The molecule has 34 heavy (non-hydrogen) atoms. The van der Waals surface area contributed by atoms with Crippen LogP contribution in [0.25, 0.3) is 22.5 Å². The van der Waals surface area contributed by atoms with Gasteiger partial charge in [-0.3, -0.25) is 14.5 Å². The maximum absolute atomic E-state index is 12.6. The maximum Gasteiger partial charge on any atom is 0.261 e. The summed E-state index contributed by atoms with van der Waals surface area (Å²) in [7, 11) is 0. The third-order valence-electron chi connectivity index (χ3n) is 5.74. The van der Waals surface area contributed by atoms with Gasteiger partial charge in [0, 0.05) is 23.4 Å². The number of amides is 2. The average Bonchev–Trinajstić information content (AvgIpc) is 3.10. The lowest BCUT2D eigenvalue weighted by atomic mass is 10.0. The first-order valence-corrected chi connectivity index (χ1v) is 12.0. The maximum atomic E-state index is 12.6. The summed E-state index contributed by atoms with van der Waals surface area (Å²) in [6.45, 7) is 4.37. The molecule has 0 saturated carbocycles. The van der Waals surface area contributed by atoms with E-state index in [0.29, 0.717) is 27.7 Å². The van der Waals surface area contributed by atoms with Crippen molar-refractivity contribution < 1.29 is 9.59 Å². The molecule has 1 aliphatic rings. The molecule has 3 aromatic carbocycles. The molecular weight excluding hydrogens is 444 g/mol. The predicted octanol–water partition coefficient (Wildman–Crippen LogP) is 5.21. The standard InChI is InChI=1S/C27H22N4O2S/c1-17-7-11-19(12-8-17)23-24(20-13-9-18(2)10-14-20)29-30-27(28-23)34-16-15-31-25(32)21-5-3-4-6-22(21)26(31)33/h3-14H,15-16H2,1-2H3. The molecule has 6 nitrogen and oxygen atoms in total. The minimum atomic E-state index is -0.254. The van der Waals surface area contributed by atoms with E-state index < -0.39 is 0 Å². The Morgan fingerprint density at radius 1 is 0.706 bits per heavy atom. The highest BCUT2D eigenvalue weighted by Gasteiger charge is 2.34. The second-order valence-corrected chi connectivity index (χ2v) is 9.24. The van der Waals surface area contributed by atoms with Crippen molar-refractivity contribution in [2.24, 2.45) is 0 Å². The first-order valence-electron chi connectivity index (χ1n) is 11.0. The van der Waals surface area contributed by atoms with Crippen molar-refractivity contribution >= 4 is 23.6 Å². The Kier molecular flexibility index (Phi) is 5.94. The summed E-state index contributed by atoms with van der Waals surface area (Å²) in [6.07, 6.45) is 0. The topological polar surface area (TPSA) is 76.1 Å². The fourth-order valence-corrected chi connectivity index (χ4v) is 4.57. The van der Waals surface area contributed by atoms with Crippen LogP contribution >= 0.6 is 11.8 Å². The third kappa shape index (κ3) is 4.22. The van der Waals surface area contributed by atoms with E-state index in [1.165, 1.54) is 22.2 Å². The molecule has 2 heterocycles. The Hall–Kier alpha value is -3.84. The van der Waals surface area contributed by atoms with Gasteiger partial charge in [0.2, 0.25) is 5.16 Å². The van der Waals surface area contributed by atoms with E-state index in [-0.39, 0.29) is 18.4 Å². The zero-order valence-electron chi connectivity index (χ0n) is 18.9. The van der Waals surface area contributed by atoms with Gasteiger partial charge >= 0.3 is 0 Å². The molecule has 0 fully saturated rings. The lowest BCUT2D eigenvalue weighted by Crippen LogP contribution is -2.31. The normalized spacial score (nSPS) is 12.8. The van der Waals surface area contributed by atoms with Crippen molar-refractivity contribution in [1.82, 2.24) is 20.1 Å². The highest BCUT2D eigenvalue weighted by atomic mass is 32.2. The summed E-state index contributed by atoms with van der Waals surface area (Å²) in [5.41, 5.74) is 6.62. The number of aryl methyl sites for hydroxylation is 2. The van der Waals surface area contributed by atoms with Gasteiger partial charge in [-0.1, -0.05) is 83.6 Å². The molecule has 4 aromatic rings. The fraction of sp³-hybridized carbons (Fsp3) is 0.148. The highest BCUT2D eigenvalue weighted by Crippen LogP contribution is 2.30. The number of rotatable bonds is 6. The molecule has 0 aliphatic carbocycles. The Balaban J connectivity index is 1.38. The summed E-state index contributed by atoms with van der Waals surface area (Å²) < 4.78 is 0. The molecule has 1 aromatic heterocycles. The molecule has 0 atom stereocenters. The number of nitrogens with zero attached hydrogens (tertiary/aromatic N) is 4. The van der Waals surface area contributed by atoms with Crippen molar-refractivity contribution in [2.45, 2.75) is 19.0 Å². The van der Waals surface area contributed by atoms with Crippen molar-refractivity contribution in [3.05, 3.63) is 95.1 Å². The van der Waals surface area contributed by atoms with Gasteiger partial charge in [-0.25, -0.2) is 4.98 Å². The quantitative estimate of drug-likeness (QED) is 0.287. The van der Waals surface area contributed by atoms with E-state index in [1.54, 1.807) is 24.3 Å². The average molecular weight is 467 g/mol. The lowest BCUT2D eigenvalue weighted by Gasteiger charge is -2.13. The van der Waals surface area contributed by atoms with Gasteiger partial charge in [0.05, 0.1) is 11.1 Å². The summed E-state index contributed by atoms with van der Waals surface area (Å²) >= 11 is 1.38. The van der Waals surface area contributed by atoms with Crippen LogP contribution in [0.3, 0.4) is 0 Å². The minimum Gasteiger partial charge on any atom is -0.273 e. The second kappa shape index (κ2) is 9.19. The van der Waals surface area contributed by atoms with Gasteiger partial charge in [0.15, 0.2) is 0 Å². The number of carbonyl (C=O) groups excluding carboxylic acids is 2. The highest BCUT2D eigenvalue weighted by molar-refractivity contribution is 7.99. The van der Waals surface area contributed by atoms with Crippen molar-refractivity contribution in [3.8, 4) is 22.5 Å². The molecular formula is C27H22N4O2S. The molecule has 0 radical (unpaired) electrons. The van der Waals surface area contributed by atoms with Crippen LogP contribution < -0.4 is 0 Å². The van der Waals surface area contributed by atoms with Crippen molar-refractivity contribution in [1.29, 1.82) is 0 Å². The molecule has 1 aliphatic heterocycles. The number of imide groups is 1. The second-order valence-electron chi connectivity index (χ2n) is 8.18. The van der Waals surface area contributed by atoms with E-state index in [2.05, 4.69) is 10.2 Å². The van der Waals surface area contributed by atoms with Gasteiger partial charge in [0.1, 0.15) is 11.4 Å². The van der Waals surface area contributed by atoms with Gasteiger partial charge in [-0.05, 0) is 26.0 Å². The molecule has 168 valence electrons. The van der Waals surface area contributed by atoms with Gasteiger partial charge in [0.25, 0.3) is 11.8 Å². The van der Waals surface area contributed by atoms with Crippen LogP contribution in [-0.2, 0) is 0 Å². The van der Waals surface area contributed by atoms with Crippen LogP contribution in [-0.4, -0.2) is 44.2 Å². The fourth-order valence-electron chi connectivity index (χ4n) is 3.86.